The molecule has 0 saturated carbocycles. The zero-order chi connectivity index (χ0) is 17.3. The third-order valence-corrected chi connectivity index (χ3v) is 3.39. The van der Waals surface area contributed by atoms with Gasteiger partial charge in [0.15, 0.2) is 5.57 Å². The molecule has 0 spiro atoms. The lowest BCUT2D eigenvalue weighted by Gasteiger charge is -2.29. The number of benzene rings is 1. The van der Waals surface area contributed by atoms with Crippen LogP contribution in [0, 0.1) is 0 Å². The maximum Gasteiger partial charge on any atom is 0.350 e. The lowest BCUT2D eigenvalue weighted by atomic mass is 10.2. The standard InChI is InChI=1S/C16H14ClN3O4/c1-16(2)23-14(21)11(15(22)24-16)8-18-12-5-3-4-6-13(12)20-9-10(17)7-19-20/h3-9,18H,1-2H3. The largest absolute Gasteiger partial charge is 0.419 e. The Balaban J connectivity index is 1.87. The Labute approximate surface area is 142 Å². The Bertz CT molecular complexity index is 819. The van der Waals surface area contributed by atoms with Gasteiger partial charge >= 0.3 is 11.9 Å². The van der Waals surface area contributed by atoms with E-state index in [1.807, 2.05) is 12.1 Å². The van der Waals surface area contributed by atoms with E-state index >= 15 is 0 Å². The second-order valence-corrected chi connectivity index (χ2v) is 5.94. The molecule has 1 saturated heterocycles. The molecular weight excluding hydrogens is 334 g/mol. The minimum atomic E-state index is -1.27. The summed E-state index contributed by atoms with van der Waals surface area (Å²) in [4.78, 5) is 23.9. The number of cyclic esters (lactones) is 2. The summed E-state index contributed by atoms with van der Waals surface area (Å²) in [6.07, 6.45) is 4.40. The van der Waals surface area contributed by atoms with Gasteiger partial charge in [-0.2, -0.15) is 5.10 Å². The van der Waals surface area contributed by atoms with Gasteiger partial charge < -0.3 is 14.8 Å². The van der Waals surface area contributed by atoms with Crippen LogP contribution in [0.3, 0.4) is 0 Å². The van der Waals surface area contributed by atoms with E-state index in [1.54, 1.807) is 23.0 Å². The second-order valence-electron chi connectivity index (χ2n) is 5.50. The molecule has 2 heterocycles. The van der Waals surface area contributed by atoms with Gasteiger partial charge in [-0.25, -0.2) is 14.3 Å². The van der Waals surface area contributed by atoms with Gasteiger partial charge in [0.2, 0.25) is 0 Å². The Morgan fingerprint density at radius 2 is 1.88 bits per heavy atom. The number of nitrogens with one attached hydrogen (secondary N) is 1. The van der Waals surface area contributed by atoms with E-state index in [4.69, 9.17) is 21.1 Å². The molecule has 1 aromatic carbocycles. The fourth-order valence-corrected chi connectivity index (χ4v) is 2.29. The number of esters is 2. The van der Waals surface area contributed by atoms with Gasteiger partial charge in [-0.1, -0.05) is 23.7 Å². The van der Waals surface area contributed by atoms with Crippen LogP contribution in [0.2, 0.25) is 5.02 Å². The number of anilines is 1. The molecule has 7 nitrogen and oxygen atoms in total. The van der Waals surface area contributed by atoms with E-state index in [0.29, 0.717) is 16.4 Å². The quantitative estimate of drug-likeness (QED) is 0.522. The summed E-state index contributed by atoms with van der Waals surface area (Å²) >= 11 is 5.89. The fourth-order valence-electron chi connectivity index (χ4n) is 2.16. The van der Waals surface area contributed by atoms with Crippen molar-refractivity contribution < 1.29 is 19.1 Å². The molecule has 1 aliphatic heterocycles. The number of carbonyl (C=O) groups excluding carboxylic acids is 2. The van der Waals surface area contributed by atoms with E-state index in [1.165, 1.54) is 26.2 Å². The monoisotopic (exact) mass is 347 g/mol. The number of hydrogen-bond acceptors (Lipinski definition) is 6. The molecule has 1 fully saturated rings. The third kappa shape index (κ3) is 3.26. The summed E-state index contributed by atoms with van der Waals surface area (Å²) in [7, 11) is 0. The lowest BCUT2D eigenvalue weighted by molar-refractivity contribution is -0.222. The second kappa shape index (κ2) is 6.01. The molecule has 1 aromatic heterocycles. The topological polar surface area (TPSA) is 82.5 Å². The average molecular weight is 348 g/mol. The maximum absolute atomic E-state index is 11.9. The molecular formula is C16H14ClN3O4. The smallest absolute Gasteiger partial charge is 0.350 e. The van der Waals surface area contributed by atoms with Crippen LogP contribution in [-0.2, 0) is 19.1 Å². The van der Waals surface area contributed by atoms with Crippen molar-refractivity contribution in [1.82, 2.24) is 9.78 Å². The van der Waals surface area contributed by atoms with E-state index in [2.05, 4.69) is 10.4 Å². The number of para-hydroxylation sites is 2. The highest BCUT2D eigenvalue weighted by Crippen LogP contribution is 2.24. The van der Waals surface area contributed by atoms with Gasteiger partial charge in [-0.3, -0.25) is 0 Å². The molecule has 8 heteroatoms. The summed E-state index contributed by atoms with van der Waals surface area (Å²) < 4.78 is 11.6. The van der Waals surface area contributed by atoms with Crippen molar-refractivity contribution in [3.05, 3.63) is 53.5 Å². The molecule has 2 aromatic rings. The average Bonchev–Trinajstić information content (AvgIpc) is 2.92. The summed E-state index contributed by atoms with van der Waals surface area (Å²) in [5, 5.41) is 7.53. The number of aromatic nitrogens is 2. The van der Waals surface area contributed by atoms with Gasteiger partial charge in [0, 0.05) is 26.2 Å². The minimum Gasteiger partial charge on any atom is -0.419 e. The number of nitrogens with zero attached hydrogens (tertiary/aromatic N) is 2. The van der Waals surface area contributed by atoms with Crippen molar-refractivity contribution in [2.45, 2.75) is 19.6 Å². The first-order valence-electron chi connectivity index (χ1n) is 7.09. The van der Waals surface area contributed by atoms with Crippen molar-refractivity contribution in [2.75, 3.05) is 5.32 Å². The van der Waals surface area contributed by atoms with Crippen molar-refractivity contribution in [3.8, 4) is 5.69 Å². The molecule has 0 amide bonds. The summed E-state index contributed by atoms with van der Waals surface area (Å²) in [6, 6.07) is 7.21. The van der Waals surface area contributed by atoms with Crippen molar-refractivity contribution in [3.63, 3.8) is 0 Å². The van der Waals surface area contributed by atoms with E-state index in [-0.39, 0.29) is 5.57 Å². The Kier molecular flexibility index (Phi) is 4.02. The minimum absolute atomic E-state index is 0.220. The number of halogens is 1. The number of carbonyl (C=O) groups is 2. The van der Waals surface area contributed by atoms with Gasteiger partial charge in [-0.05, 0) is 12.1 Å². The Morgan fingerprint density at radius 1 is 1.21 bits per heavy atom. The highest BCUT2D eigenvalue weighted by Gasteiger charge is 2.38. The molecule has 0 bridgehead atoms. The highest BCUT2D eigenvalue weighted by atomic mass is 35.5. The lowest BCUT2D eigenvalue weighted by Crippen LogP contribution is -2.42. The highest BCUT2D eigenvalue weighted by molar-refractivity contribution is 6.30. The van der Waals surface area contributed by atoms with Crippen LogP contribution < -0.4 is 5.32 Å². The molecule has 0 radical (unpaired) electrons. The molecule has 0 atom stereocenters. The number of hydrogen-bond donors (Lipinski definition) is 1. The van der Waals surface area contributed by atoms with Crippen LogP contribution in [0.4, 0.5) is 5.69 Å². The fraction of sp³-hybridized carbons (Fsp3) is 0.188. The Morgan fingerprint density at radius 3 is 2.50 bits per heavy atom. The van der Waals surface area contributed by atoms with Crippen LogP contribution in [0.5, 0.6) is 0 Å². The van der Waals surface area contributed by atoms with Crippen LogP contribution in [0.15, 0.2) is 48.4 Å². The SMILES string of the molecule is CC1(C)OC(=O)C(=CNc2ccccc2-n2cc(Cl)cn2)C(=O)O1. The molecule has 24 heavy (non-hydrogen) atoms. The van der Waals surface area contributed by atoms with Gasteiger partial charge in [0.25, 0.3) is 5.79 Å². The maximum atomic E-state index is 11.9. The first-order valence-corrected chi connectivity index (χ1v) is 7.46. The van der Waals surface area contributed by atoms with E-state index in [0.717, 1.165) is 0 Å². The van der Waals surface area contributed by atoms with Gasteiger partial charge in [0.1, 0.15) is 0 Å². The zero-order valence-corrected chi connectivity index (χ0v) is 13.7. The predicted molar refractivity (Wildman–Crippen MR) is 86.5 cm³/mol. The van der Waals surface area contributed by atoms with Crippen LogP contribution >= 0.6 is 11.6 Å². The summed E-state index contributed by atoms with van der Waals surface area (Å²) in [5.74, 6) is -2.76. The third-order valence-electron chi connectivity index (χ3n) is 3.19. The molecule has 1 N–H and O–H groups in total. The normalized spacial score (nSPS) is 16.4. The molecule has 3 rings (SSSR count). The van der Waals surface area contributed by atoms with Gasteiger partial charge in [0.05, 0.1) is 22.6 Å². The van der Waals surface area contributed by atoms with Crippen molar-refractivity contribution in [1.29, 1.82) is 0 Å². The first kappa shape index (κ1) is 16.1. The van der Waals surface area contributed by atoms with Crippen molar-refractivity contribution >= 4 is 29.2 Å². The molecule has 1 aliphatic rings. The predicted octanol–water partition coefficient (Wildman–Crippen LogP) is 2.66. The molecule has 124 valence electrons. The van der Waals surface area contributed by atoms with Crippen LogP contribution in [-0.4, -0.2) is 27.5 Å². The Hall–Kier alpha value is -2.80. The van der Waals surface area contributed by atoms with Crippen molar-refractivity contribution in [2.24, 2.45) is 0 Å². The zero-order valence-electron chi connectivity index (χ0n) is 12.9. The van der Waals surface area contributed by atoms with Crippen LogP contribution in [0.25, 0.3) is 5.69 Å². The number of ether oxygens (including phenoxy) is 2. The van der Waals surface area contributed by atoms with Crippen LogP contribution in [0.1, 0.15) is 13.8 Å². The van der Waals surface area contributed by atoms with Gasteiger partial charge in [-0.15, -0.1) is 0 Å². The first-order chi connectivity index (χ1) is 11.4. The summed E-state index contributed by atoms with van der Waals surface area (Å²) in [6.45, 7) is 2.98. The summed E-state index contributed by atoms with van der Waals surface area (Å²) in [5.41, 5.74) is 1.09. The van der Waals surface area contributed by atoms with E-state index < -0.39 is 17.7 Å². The molecule has 0 aliphatic carbocycles. The molecule has 0 unspecified atom stereocenters. The van der Waals surface area contributed by atoms with E-state index in [9.17, 15) is 9.59 Å². The number of rotatable bonds is 3.